The number of rotatable bonds is 4. The number of aromatic hydroxyl groups is 1. The quantitative estimate of drug-likeness (QED) is 0.674. The molecule has 0 radical (unpaired) electrons. The van der Waals surface area contributed by atoms with E-state index >= 15 is 0 Å². The van der Waals surface area contributed by atoms with Crippen LogP contribution in [0.2, 0.25) is 0 Å². The van der Waals surface area contributed by atoms with Crippen molar-refractivity contribution in [3.05, 3.63) is 27.5 Å². The number of nitrogens with two attached hydrogens (primary N) is 1. The van der Waals surface area contributed by atoms with Crippen molar-refractivity contribution >= 4 is 17.0 Å². The Labute approximate surface area is 179 Å². The van der Waals surface area contributed by atoms with Gasteiger partial charge in [-0.05, 0) is 26.8 Å². The van der Waals surface area contributed by atoms with E-state index in [0.717, 1.165) is 58.6 Å². The normalized spacial score (nSPS) is 26.5. The smallest absolute Gasteiger partial charge is 0.404 e. The highest BCUT2D eigenvalue weighted by Crippen LogP contribution is 2.41. The molecule has 3 aliphatic rings. The van der Waals surface area contributed by atoms with Crippen LogP contribution in [0.5, 0.6) is 5.75 Å². The Balaban J connectivity index is 1.86. The molecule has 1 saturated carbocycles. The largest absolute Gasteiger partial charge is 0.505 e. The Morgan fingerprint density at radius 2 is 1.94 bits per heavy atom. The van der Waals surface area contributed by atoms with Gasteiger partial charge in [0.1, 0.15) is 18.5 Å². The summed E-state index contributed by atoms with van der Waals surface area (Å²) in [7, 11) is 3.54. The molecular weight excluding hydrogens is 398 g/mol. The van der Waals surface area contributed by atoms with Gasteiger partial charge in [-0.2, -0.15) is 0 Å². The molecule has 9 nitrogen and oxygen atoms in total. The van der Waals surface area contributed by atoms with E-state index in [4.69, 9.17) is 25.2 Å². The van der Waals surface area contributed by atoms with Crippen molar-refractivity contribution < 1.29 is 19.4 Å². The number of nitrogens with zero attached hydrogens (tertiary/aromatic N) is 3. The molecule has 1 aliphatic carbocycles. The minimum Gasteiger partial charge on any atom is -0.505 e. The number of phenols is 1. The first kappa shape index (κ1) is 20.3. The third-order valence-electron chi connectivity index (χ3n) is 7.09. The van der Waals surface area contributed by atoms with Crippen molar-refractivity contribution in [3.8, 4) is 5.75 Å². The van der Waals surface area contributed by atoms with Gasteiger partial charge in [0.2, 0.25) is 0 Å². The molecule has 1 amide bonds. The van der Waals surface area contributed by atoms with Crippen LogP contribution >= 0.6 is 0 Å². The Kier molecular flexibility index (Phi) is 4.90. The van der Waals surface area contributed by atoms with Crippen LogP contribution in [0.3, 0.4) is 0 Å². The number of primary amides is 1. The van der Waals surface area contributed by atoms with Crippen LogP contribution < -0.4 is 21.8 Å². The SMILES string of the molecule is CN[C@H]1Cn2c(c(COC(N)=O)c3c4c(c(C)c(O)c32)=N[C@@H]2CCCC[C@H]2N=4)[C@H]1OC. The van der Waals surface area contributed by atoms with Crippen molar-refractivity contribution in [3.63, 3.8) is 0 Å². The Bertz CT molecular complexity index is 1190. The lowest BCUT2D eigenvalue weighted by molar-refractivity contribution is 0.0788. The maximum absolute atomic E-state index is 11.5. The topological polar surface area (TPSA) is 123 Å². The van der Waals surface area contributed by atoms with Crippen molar-refractivity contribution in [2.75, 3.05) is 14.2 Å². The van der Waals surface area contributed by atoms with Gasteiger partial charge in [0, 0.05) is 30.2 Å². The number of carbonyl (C=O) groups excluding carboxylic acids is 1. The first-order chi connectivity index (χ1) is 15.0. The van der Waals surface area contributed by atoms with Gasteiger partial charge in [0.05, 0.1) is 40.1 Å². The minimum absolute atomic E-state index is 0.0109. The zero-order valence-electron chi connectivity index (χ0n) is 18.1. The van der Waals surface area contributed by atoms with E-state index in [1.807, 2.05) is 14.0 Å². The van der Waals surface area contributed by atoms with E-state index in [0.29, 0.717) is 12.1 Å². The summed E-state index contributed by atoms with van der Waals surface area (Å²) < 4.78 is 13.1. The third kappa shape index (κ3) is 2.94. The maximum Gasteiger partial charge on any atom is 0.404 e. The highest BCUT2D eigenvalue weighted by Gasteiger charge is 2.39. The van der Waals surface area contributed by atoms with Gasteiger partial charge in [-0.1, -0.05) is 12.8 Å². The predicted octanol–water partition coefficient (Wildman–Crippen LogP) is 1.10. The van der Waals surface area contributed by atoms with E-state index in [2.05, 4.69) is 9.88 Å². The van der Waals surface area contributed by atoms with Crippen LogP contribution in [-0.2, 0) is 22.6 Å². The summed E-state index contributed by atoms with van der Waals surface area (Å²) in [6.07, 6.45) is 3.23. The molecule has 31 heavy (non-hydrogen) atoms. The zero-order valence-corrected chi connectivity index (χ0v) is 18.1. The molecule has 166 valence electrons. The molecule has 2 aromatic rings. The van der Waals surface area contributed by atoms with Crippen LogP contribution in [0.1, 0.15) is 48.6 Å². The number of fused-ring (bicyclic) bond motifs is 6. The molecule has 0 bridgehead atoms. The number of carbonyl (C=O) groups is 1. The fourth-order valence-corrected chi connectivity index (χ4v) is 5.59. The highest BCUT2D eigenvalue weighted by atomic mass is 16.5. The summed E-state index contributed by atoms with van der Waals surface area (Å²) in [6, 6.07) is 0.338. The number of ether oxygens (including phenoxy) is 2. The average Bonchev–Trinajstić information content (AvgIpc) is 3.28. The summed E-state index contributed by atoms with van der Waals surface area (Å²) in [5.74, 6) is 0.195. The molecule has 1 aromatic heterocycles. The molecule has 4 N–H and O–H groups in total. The number of amides is 1. The summed E-state index contributed by atoms with van der Waals surface area (Å²) >= 11 is 0. The first-order valence-corrected chi connectivity index (χ1v) is 10.9. The summed E-state index contributed by atoms with van der Waals surface area (Å²) in [4.78, 5) is 21.6. The second-order valence-electron chi connectivity index (χ2n) is 8.71. The number of nitrogens with one attached hydrogen (secondary N) is 1. The van der Waals surface area contributed by atoms with Crippen molar-refractivity contribution in [2.24, 2.45) is 15.7 Å². The van der Waals surface area contributed by atoms with Crippen molar-refractivity contribution in [1.29, 1.82) is 0 Å². The standard InChI is InChI=1S/C22H29N5O4/c1-10-16-17(26-13-7-5-4-6-12(13)25-16)15-11(9-31-22(23)29)18-21(30-3)14(24-2)8-27(18)19(15)20(10)28/h12-14,21,24,28H,4-9H2,1-3H3,(H2,23,29)/t12-,13-,14+,21+/m1/s1. The molecule has 0 saturated heterocycles. The fourth-order valence-electron chi connectivity index (χ4n) is 5.59. The second-order valence-corrected chi connectivity index (χ2v) is 8.71. The van der Waals surface area contributed by atoms with Gasteiger partial charge >= 0.3 is 6.09 Å². The van der Waals surface area contributed by atoms with Gasteiger partial charge in [0.15, 0.2) is 0 Å². The van der Waals surface area contributed by atoms with Gasteiger partial charge in [0.25, 0.3) is 0 Å². The van der Waals surface area contributed by atoms with Crippen molar-refractivity contribution in [2.45, 2.75) is 70.0 Å². The van der Waals surface area contributed by atoms with Gasteiger partial charge < -0.3 is 30.2 Å². The highest BCUT2D eigenvalue weighted by molar-refractivity contribution is 5.91. The predicted molar refractivity (Wildman–Crippen MR) is 114 cm³/mol. The monoisotopic (exact) mass is 427 g/mol. The third-order valence-corrected chi connectivity index (χ3v) is 7.09. The van der Waals surface area contributed by atoms with Crippen LogP contribution in [0.25, 0.3) is 10.9 Å². The molecule has 0 unspecified atom stereocenters. The molecule has 0 spiro atoms. The number of phenolic OH excluding ortho intramolecular Hbond substituents is 1. The van der Waals surface area contributed by atoms with Crippen LogP contribution in [0.15, 0.2) is 9.98 Å². The summed E-state index contributed by atoms with van der Waals surface area (Å²) in [6.45, 7) is 2.50. The van der Waals surface area contributed by atoms with Crippen LogP contribution in [-0.4, -0.2) is 48.0 Å². The molecule has 1 fully saturated rings. The Morgan fingerprint density at radius 1 is 1.26 bits per heavy atom. The van der Waals surface area contributed by atoms with E-state index in [1.165, 1.54) is 0 Å². The van der Waals surface area contributed by atoms with E-state index in [1.54, 1.807) is 7.11 Å². The first-order valence-electron chi connectivity index (χ1n) is 10.9. The Hall–Kier alpha value is -2.65. The molecule has 9 heteroatoms. The summed E-state index contributed by atoms with van der Waals surface area (Å²) in [5, 5.41) is 16.9. The van der Waals surface area contributed by atoms with Crippen LogP contribution in [0, 0.1) is 6.92 Å². The number of benzene rings is 1. The molecule has 4 atom stereocenters. The second kappa shape index (κ2) is 7.49. The molecule has 5 rings (SSSR count). The molecule has 2 aliphatic heterocycles. The minimum atomic E-state index is -0.843. The molecule has 1 aromatic carbocycles. The number of likely N-dealkylation sites (N-methyl/N-ethyl adjacent to an activating group) is 1. The van der Waals surface area contributed by atoms with Crippen LogP contribution in [0.4, 0.5) is 4.79 Å². The number of hydrogen-bond donors (Lipinski definition) is 3. The fraction of sp³-hybridized carbons (Fsp3) is 0.591. The maximum atomic E-state index is 11.5. The van der Waals surface area contributed by atoms with Crippen molar-refractivity contribution in [1.82, 2.24) is 9.88 Å². The average molecular weight is 428 g/mol. The van der Waals surface area contributed by atoms with E-state index < -0.39 is 6.09 Å². The van der Waals surface area contributed by atoms with Gasteiger partial charge in [-0.25, -0.2) is 4.79 Å². The van der Waals surface area contributed by atoms with Gasteiger partial charge in [-0.15, -0.1) is 0 Å². The lowest BCUT2D eigenvalue weighted by Gasteiger charge is -2.28. The van der Waals surface area contributed by atoms with E-state index in [9.17, 15) is 9.90 Å². The molecule has 3 heterocycles. The number of hydrogen-bond acceptors (Lipinski definition) is 7. The number of aromatic nitrogens is 1. The van der Waals surface area contributed by atoms with E-state index in [-0.39, 0.29) is 36.6 Å². The lowest BCUT2D eigenvalue weighted by atomic mass is 9.89. The molecular formula is C22H29N5O4. The Morgan fingerprint density at radius 3 is 2.55 bits per heavy atom. The van der Waals surface area contributed by atoms with Gasteiger partial charge in [-0.3, -0.25) is 9.98 Å². The summed E-state index contributed by atoms with van der Waals surface area (Å²) in [5.41, 5.74) is 8.38. The lowest BCUT2D eigenvalue weighted by Crippen LogP contribution is -2.42. The number of methoxy groups -OCH3 is 1. The zero-order chi connectivity index (χ0) is 21.9.